The van der Waals surface area contributed by atoms with Crippen LogP contribution in [0, 0.1) is 0 Å². The van der Waals surface area contributed by atoms with Gasteiger partial charge in [-0.15, -0.1) is 0 Å². The maximum atomic E-state index is 12.1. The minimum Gasteiger partial charge on any atom is -0.480 e. The molecule has 0 fully saturated rings. The lowest BCUT2D eigenvalue weighted by molar-refractivity contribution is -0.144. The Morgan fingerprint density at radius 1 is 1.32 bits per heavy atom. The molecule has 0 saturated carbocycles. The van der Waals surface area contributed by atoms with Crippen LogP contribution in [0.4, 0.5) is 0 Å². The zero-order valence-corrected chi connectivity index (χ0v) is 12.0. The lowest BCUT2D eigenvalue weighted by Crippen LogP contribution is -2.37. The van der Waals surface area contributed by atoms with E-state index in [1.165, 1.54) is 4.90 Å². The van der Waals surface area contributed by atoms with Crippen molar-refractivity contribution in [1.29, 1.82) is 0 Å². The first-order valence-electron chi connectivity index (χ1n) is 5.88. The summed E-state index contributed by atoms with van der Waals surface area (Å²) in [4.78, 5) is 24.1. The fourth-order valence-electron chi connectivity index (χ4n) is 1.68. The molecule has 0 radical (unpaired) electrons. The van der Waals surface area contributed by atoms with Crippen LogP contribution in [0.15, 0.2) is 18.2 Å². The lowest BCUT2D eigenvalue weighted by Gasteiger charge is -2.20. The molecule has 0 unspecified atom stereocenters. The minimum absolute atomic E-state index is 0.0483. The first-order chi connectivity index (χ1) is 8.95. The Morgan fingerprint density at radius 3 is 2.58 bits per heavy atom. The quantitative estimate of drug-likeness (QED) is 0.879. The summed E-state index contributed by atoms with van der Waals surface area (Å²) in [5.74, 6) is -1.30. The van der Waals surface area contributed by atoms with Gasteiger partial charge in [-0.3, -0.25) is 9.59 Å². The van der Waals surface area contributed by atoms with Gasteiger partial charge in [0.15, 0.2) is 0 Å². The molecule has 0 saturated heterocycles. The summed E-state index contributed by atoms with van der Waals surface area (Å²) in [5, 5.41) is 9.50. The average molecular weight is 304 g/mol. The molecule has 0 bridgehead atoms. The number of carbonyl (C=O) groups is 2. The van der Waals surface area contributed by atoms with Crippen LogP contribution in [-0.4, -0.2) is 35.0 Å². The molecule has 0 aliphatic carbocycles. The number of halogens is 2. The third-order valence-electron chi connectivity index (χ3n) is 2.55. The van der Waals surface area contributed by atoms with Crippen LogP contribution < -0.4 is 0 Å². The minimum atomic E-state index is -1.03. The second kappa shape index (κ2) is 7.36. The number of nitrogens with zero attached hydrogens (tertiary/aromatic N) is 1. The summed E-state index contributed by atoms with van der Waals surface area (Å²) < 4.78 is 0. The second-order valence-electron chi connectivity index (χ2n) is 4.10. The summed E-state index contributed by atoms with van der Waals surface area (Å²) in [5.41, 5.74) is 0.602. The van der Waals surface area contributed by atoms with Gasteiger partial charge >= 0.3 is 5.97 Å². The Morgan fingerprint density at radius 2 is 2.00 bits per heavy atom. The largest absolute Gasteiger partial charge is 0.480 e. The van der Waals surface area contributed by atoms with E-state index in [9.17, 15) is 9.59 Å². The van der Waals surface area contributed by atoms with E-state index >= 15 is 0 Å². The van der Waals surface area contributed by atoms with Gasteiger partial charge in [-0.05, 0) is 18.1 Å². The number of carboxylic acid groups (broad SMARTS) is 1. The van der Waals surface area contributed by atoms with Crippen molar-refractivity contribution in [2.75, 3.05) is 13.1 Å². The average Bonchev–Trinajstić information content (AvgIpc) is 2.34. The highest BCUT2D eigenvalue weighted by atomic mass is 35.5. The third kappa shape index (κ3) is 4.73. The predicted octanol–water partition coefficient (Wildman–Crippen LogP) is 2.86. The Kier molecular flexibility index (Phi) is 6.12. The van der Waals surface area contributed by atoms with E-state index in [1.807, 2.05) is 6.92 Å². The van der Waals surface area contributed by atoms with Crippen molar-refractivity contribution in [2.45, 2.75) is 19.8 Å². The van der Waals surface area contributed by atoms with Gasteiger partial charge in [-0.2, -0.15) is 0 Å². The molecule has 104 valence electrons. The fraction of sp³-hybridized carbons (Fsp3) is 0.385. The molecule has 0 atom stereocenters. The highest BCUT2D eigenvalue weighted by Gasteiger charge is 2.17. The topological polar surface area (TPSA) is 57.6 Å². The Balaban J connectivity index is 2.81. The molecule has 1 N–H and O–H groups in total. The summed E-state index contributed by atoms with van der Waals surface area (Å²) in [6.45, 7) is 1.99. The molecule has 1 rings (SSSR count). The monoisotopic (exact) mass is 303 g/mol. The van der Waals surface area contributed by atoms with Crippen LogP contribution in [0.25, 0.3) is 0 Å². The van der Waals surface area contributed by atoms with Crippen molar-refractivity contribution in [2.24, 2.45) is 0 Å². The van der Waals surface area contributed by atoms with Crippen LogP contribution in [-0.2, 0) is 16.0 Å². The molecule has 0 aliphatic rings. The maximum absolute atomic E-state index is 12.1. The zero-order chi connectivity index (χ0) is 14.4. The molecule has 4 nitrogen and oxygen atoms in total. The number of amides is 1. The number of benzene rings is 1. The first kappa shape index (κ1) is 15.8. The van der Waals surface area contributed by atoms with Gasteiger partial charge in [0, 0.05) is 6.54 Å². The highest BCUT2D eigenvalue weighted by molar-refractivity contribution is 6.42. The summed E-state index contributed by atoms with van der Waals surface area (Å²) in [7, 11) is 0. The molecule has 6 heteroatoms. The molecule has 0 aromatic heterocycles. The molecule has 0 spiro atoms. The van der Waals surface area contributed by atoms with E-state index in [0.29, 0.717) is 28.6 Å². The SMILES string of the molecule is CCCN(CC(=O)O)C(=O)Cc1cccc(Cl)c1Cl. The van der Waals surface area contributed by atoms with E-state index in [1.54, 1.807) is 18.2 Å². The van der Waals surface area contributed by atoms with Gasteiger partial charge in [0.2, 0.25) is 5.91 Å². The molecule has 0 heterocycles. The standard InChI is InChI=1S/C13H15Cl2NO3/c1-2-6-16(8-12(18)19)11(17)7-9-4-3-5-10(14)13(9)15/h3-5H,2,6-8H2,1H3,(H,18,19). The molecular formula is C13H15Cl2NO3. The van der Waals surface area contributed by atoms with Crippen LogP contribution in [0.3, 0.4) is 0 Å². The third-order valence-corrected chi connectivity index (χ3v) is 3.40. The number of carboxylic acids is 1. The zero-order valence-electron chi connectivity index (χ0n) is 10.5. The van der Waals surface area contributed by atoms with Gasteiger partial charge in [0.05, 0.1) is 16.5 Å². The number of hydrogen-bond acceptors (Lipinski definition) is 2. The van der Waals surface area contributed by atoms with Crippen LogP contribution in [0.5, 0.6) is 0 Å². The summed E-state index contributed by atoms with van der Waals surface area (Å²) >= 11 is 11.9. The summed E-state index contributed by atoms with van der Waals surface area (Å²) in [6.07, 6.45) is 0.745. The smallest absolute Gasteiger partial charge is 0.323 e. The Labute approximate surface area is 121 Å². The molecule has 1 amide bonds. The Bertz CT molecular complexity index is 477. The van der Waals surface area contributed by atoms with E-state index in [2.05, 4.69) is 0 Å². The first-order valence-corrected chi connectivity index (χ1v) is 6.63. The van der Waals surface area contributed by atoms with Gasteiger partial charge in [-0.1, -0.05) is 42.3 Å². The van der Waals surface area contributed by atoms with Crippen LogP contribution >= 0.6 is 23.2 Å². The van der Waals surface area contributed by atoms with Crippen molar-refractivity contribution in [3.63, 3.8) is 0 Å². The number of aliphatic carboxylic acids is 1. The fourth-order valence-corrected chi connectivity index (χ4v) is 2.07. The number of carbonyl (C=O) groups excluding carboxylic acids is 1. The molecule has 19 heavy (non-hydrogen) atoms. The van der Waals surface area contributed by atoms with Crippen LogP contribution in [0.2, 0.25) is 10.0 Å². The molecule has 1 aromatic carbocycles. The highest BCUT2D eigenvalue weighted by Crippen LogP contribution is 2.26. The summed E-state index contributed by atoms with van der Waals surface area (Å²) in [6, 6.07) is 5.05. The van der Waals surface area contributed by atoms with E-state index in [4.69, 9.17) is 28.3 Å². The predicted molar refractivity (Wildman–Crippen MR) is 74.7 cm³/mol. The van der Waals surface area contributed by atoms with Crippen molar-refractivity contribution in [3.05, 3.63) is 33.8 Å². The van der Waals surface area contributed by atoms with Gasteiger partial charge < -0.3 is 10.0 Å². The van der Waals surface area contributed by atoms with Gasteiger partial charge in [-0.25, -0.2) is 0 Å². The van der Waals surface area contributed by atoms with Crippen molar-refractivity contribution in [3.8, 4) is 0 Å². The van der Waals surface area contributed by atoms with Crippen molar-refractivity contribution >= 4 is 35.1 Å². The molecule has 0 aliphatic heterocycles. The van der Waals surface area contributed by atoms with E-state index < -0.39 is 5.97 Å². The second-order valence-corrected chi connectivity index (χ2v) is 4.88. The normalized spacial score (nSPS) is 10.3. The van der Waals surface area contributed by atoms with E-state index in [0.717, 1.165) is 0 Å². The van der Waals surface area contributed by atoms with Crippen molar-refractivity contribution in [1.82, 2.24) is 4.90 Å². The van der Waals surface area contributed by atoms with E-state index in [-0.39, 0.29) is 18.9 Å². The molecular weight excluding hydrogens is 289 g/mol. The van der Waals surface area contributed by atoms with Crippen molar-refractivity contribution < 1.29 is 14.7 Å². The maximum Gasteiger partial charge on any atom is 0.323 e. The number of rotatable bonds is 6. The molecule has 1 aromatic rings. The number of hydrogen-bond donors (Lipinski definition) is 1. The van der Waals surface area contributed by atoms with Crippen LogP contribution in [0.1, 0.15) is 18.9 Å². The van der Waals surface area contributed by atoms with Gasteiger partial charge in [0.25, 0.3) is 0 Å². The van der Waals surface area contributed by atoms with Gasteiger partial charge in [0.1, 0.15) is 6.54 Å². The lowest BCUT2D eigenvalue weighted by atomic mass is 10.1. The Hall–Kier alpha value is -1.26.